The van der Waals surface area contributed by atoms with Crippen molar-refractivity contribution in [2.24, 2.45) is 5.73 Å². The van der Waals surface area contributed by atoms with Gasteiger partial charge in [-0.25, -0.2) is 4.98 Å². The average Bonchev–Trinajstić information content (AvgIpc) is 2.55. The number of nitrogens with zero attached hydrogens (tertiary/aromatic N) is 2. The third kappa shape index (κ3) is 5.86. The van der Waals surface area contributed by atoms with Crippen LogP contribution in [0.4, 0.5) is 11.5 Å². The Labute approximate surface area is 136 Å². The fourth-order valence-corrected chi connectivity index (χ4v) is 2.49. The zero-order valence-corrected chi connectivity index (χ0v) is 13.4. The molecule has 1 aromatic rings. The SMILES string of the molecule is NCCCCCCC(=O)Nc1ccc(N2CCNC(=O)C2)nc1. The average molecular weight is 319 g/mol. The van der Waals surface area contributed by atoms with Crippen molar-refractivity contribution in [3.8, 4) is 0 Å². The Hall–Kier alpha value is -2.15. The number of pyridine rings is 1. The van der Waals surface area contributed by atoms with E-state index >= 15 is 0 Å². The maximum absolute atomic E-state index is 11.8. The number of carbonyl (C=O) groups excluding carboxylic acids is 2. The monoisotopic (exact) mass is 319 g/mol. The highest BCUT2D eigenvalue weighted by atomic mass is 16.2. The summed E-state index contributed by atoms with van der Waals surface area (Å²) in [5.74, 6) is 0.759. The number of amides is 2. The standard InChI is InChI=1S/C16H25N5O2/c17-8-4-2-1-3-5-15(22)20-13-6-7-14(19-11-13)21-10-9-18-16(23)12-21/h6-7,11H,1-5,8-10,12,17H2,(H,18,23)(H,20,22). The molecule has 0 radical (unpaired) electrons. The Morgan fingerprint density at radius 2 is 2.13 bits per heavy atom. The highest BCUT2D eigenvalue weighted by Gasteiger charge is 2.17. The van der Waals surface area contributed by atoms with E-state index in [4.69, 9.17) is 5.73 Å². The van der Waals surface area contributed by atoms with Crippen molar-refractivity contribution in [3.05, 3.63) is 18.3 Å². The van der Waals surface area contributed by atoms with Crippen LogP contribution >= 0.6 is 0 Å². The van der Waals surface area contributed by atoms with Gasteiger partial charge in [-0.05, 0) is 31.5 Å². The van der Waals surface area contributed by atoms with Gasteiger partial charge in [0.05, 0.1) is 18.4 Å². The molecule has 7 nitrogen and oxygen atoms in total. The molecule has 2 heterocycles. The van der Waals surface area contributed by atoms with E-state index in [0.29, 0.717) is 31.7 Å². The molecule has 4 N–H and O–H groups in total. The Morgan fingerprint density at radius 1 is 1.30 bits per heavy atom. The molecule has 23 heavy (non-hydrogen) atoms. The van der Waals surface area contributed by atoms with Crippen LogP contribution in [0.5, 0.6) is 0 Å². The molecule has 126 valence electrons. The second-order valence-electron chi connectivity index (χ2n) is 5.68. The summed E-state index contributed by atoms with van der Waals surface area (Å²) in [7, 11) is 0. The molecular formula is C16H25N5O2. The van der Waals surface area contributed by atoms with Crippen molar-refractivity contribution >= 4 is 23.3 Å². The van der Waals surface area contributed by atoms with E-state index in [1.54, 1.807) is 6.20 Å². The van der Waals surface area contributed by atoms with E-state index in [0.717, 1.165) is 38.0 Å². The number of aromatic nitrogens is 1. The molecule has 0 unspecified atom stereocenters. The van der Waals surface area contributed by atoms with Gasteiger partial charge < -0.3 is 21.3 Å². The first-order chi connectivity index (χ1) is 11.2. The summed E-state index contributed by atoms with van der Waals surface area (Å²) < 4.78 is 0. The highest BCUT2D eigenvalue weighted by molar-refractivity contribution is 5.90. The van der Waals surface area contributed by atoms with Gasteiger partial charge in [0.1, 0.15) is 5.82 Å². The molecule has 7 heteroatoms. The quantitative estimate of drug-likeness (QED) is 0.617. The van der Waals surface area contributed by atoms with Crippen molar-refractivity contribution in [3.63, 3.8) is 0 Å². The summed E-state index contributed by atoms with van der Waals surface area (Å²) in [4.78, 5) is 29.5. The van der Waals surface area contributed by atoms with E-state index < -0.39 is 0 Å². The topological polar surface area (TPSA) is 100 Å². The number of carbonyl (C=O) groups is 2. The number of unbranched alkanes of at least 4 members (excludes halogenated alkanes) is 3. The predicted molar refractivity (Wildman–Crippen MR) is 90.2 cm³/mol. The molecule has 1 fully saturated rings. The van der Waals surface area contributed by atoms with Crippen LogP contribution in [0.15, 0.2) is 18.3 Å². The third-order valence-corrected chi connectivity index (χ3v) is 3.75. The first-order valence-corrected chi connectivity index (χ1v) is 8.16. The van der Waals surface area contributed by atoms with Gasteiger partial charge in [0, 0.05) is 19.5 Å². The molecule has 0 bridgehead atoms. The minimum atomic E-state index is 0.00430. The number of piperazine rings is 1. The number of hydrogen-bond acceptors (Lipinski definition) is 5. The smallest absolute Gasteiger partial charge is 0.239 e. The Balaban J connectivity index is 1.76. The molecule has 1 aliphatic rings. The van der Waals surface area contributed by atoms with E-state index in [-0.39, 0.29) is 11.8 Å². The fraction of sp³-hybridized carbons (Fsp3) is 0.562. The third-order valence-electron chi connectivity index (χ3n) is 3.75. The van der Waals surface area contributed by atoms with Crippen molar-refractivity contribution in [1.82, 2.24) is 10.3 Å². The van der Waals surface area contributed by atoms with E-state index in [9.17, 15) is 9.59 Å². The van der Waals surface area contributed by atoms with Gasteiger partial charge in [-0.15, -0.1) is 0 Å². The van der Waals surface area contributed by atoms with Crippen molar-refractivity contribution < 1.29 is 9.59 Å². The second-order valence-corrected chi connectivity index (χ2v) is 5.68. The number of hydrogen-bond donors (Lipinski definition) is 3. The van der Waals surface area contributed by atoms with Crippen LogP contribution in [0, 0.1) is 0 Å². The largest absolute Gasteiger partial charge is 0.353 e. The lowest BCUT2D eigenvalue weighted by molar-refractivity contribution is -0.120. The maximum atomic E-state index is 11.8. The van der Waals surface area contributed by atoms with Crippen LogP contribution in [0.3, 0.4) is 0 Å². The normalized spacial score (nSPS) is 14.5. The summed E-state index contributed by atoms with van der Waals surface area (Å²) in [6.45, 7) is 2.40. The van der Waals surface area contributed by atoms with Gasteiger partial charge in [0.25, 0.3) is 0 Å². The molecule has 0 aromatic carbocycles. The minimum Gasteiger partial charge on any atom is -0.353 e. The molecule has 0 spiro atoms. The molecule has 1 aliphatic heterocycles. The summed E-state index contributed by atoms with van der Waals surface area (Å²) >= 11 is 0. The molecule has 1 aromatic heterocycles. The molecule has 2 rings (SSSR count). The van der Waals surface area contributed by atoms with Crippen molar-refractivity contribution in [2.75, 3.05) is 36.4 Å². The van der Waals surface area contributed by atoms with Crippen LogP contribution in [0.1, 0.15) is 32.1 Å². The lowest BCUT2D eigenvalue weighted by atomic mass is 10.1. The van der Waals surface area contributed by atoms with Gasteiger partial charge in [-0.3, -0.25) is 9.59 Å². The van der Waals surface area contributed by atoms with Crippen LogP contribution in [0.25, 0.3) is 0 Å². The van der Waals surface area contributed by atoms with Crippen molar-refractivity contribution in [2.45, 2.75) is 32.1 Å². The maximum Gasteiger partial charge on any atom is 0.239 e. The molecule has 0 aliphatic carbocycles. The zero-order valence-electron chi connectivity index (χ0n) is 13.4. The number of nitrogens with one attached hydrogen (secondary N) is 2. The van der Waals surface area contributed by atoms with Gasteiger partial charge in [-0.1, -0.05) is 12.8 Å². The van der Waals surface area contributed by atoms with Crippen molar-refractivity contribution in [1.29, 1.82) is 0 Å². The first kappa shape index (κ1) is 17.2. The predicted octanol–water partition coefficient (Wildman–Crippen LogP) is 0.866. The second kappa shape index (κ2) is 9.09. The molecule has 0 atom stereocenters. The number of rotatable bonds is 8. The fourth-order valence-electron chi connectivity index (χ4n) is 2.49. The van der Waals surface area contributed by atoms with Crippen LogP contribution in [-0.2, 0) is 9.59 Å². The summed E-state index contributed by atoms with van der Waals surface area (Å²) in [5, 5.41) is 5.63. The van der Waals surface area contributed by atoms with Crippen LogP contribution < -0.4 is 21.3 Å². The summed E-state index contributed by atoms with van der Waals surface area (Å²) in [6.07, 6.45) is 6.14. The molecule has 2 amide bonds. The highest BCUT2D eigenvalue weighted by Crippen LogP contribution is 2.15. The Kier molecular flexibility index (Phi) is 6.80. The van der Waals surface area contributed by atoms with E-state index in [1.807, 2.05) is 17.0 Å². The van der Waals surface area contributed by atoms with E-state index in [1.165, 1.54) is 0 Å². The van der Waals surface area contributed by atoms with Gasteiger partial charge in [-0.2, -0.15) is 0 Å². The minimum absolute atomic E-state index is 0.00430. The van der Waals surface area contributed by atoms with E-state index in [2.05, 4.69) is 15.6 Å². The first-order valence-electron chi connectivity index (χ1n) is 8.16. The van der Waals surface area contributed by atoms with Gasteiger partial charge in [0.2, 0.25) is 11.8 Å². The molecule has 1 saturated heterocycles. The summed E-state index contributed by atoms with van der Waals surface area (Å²) in [5.41, 5.74) is 6.12. The number of anilines is 2. The Bertz CT molecular complexity index is 518. The summed E-state index contributed by atoms with van der Waals surface area (Å²) in [6, 6.07) is 3.65. The van der Waals surface area contributed by atoms with Gasteiger partial charge in [0.15, 0.2) is 0 Å². The number of nitrogens with two attached hydrogens (primary N) is 1. The Morgan fingerprint density at radius 3 is 2.83 bits per heavy atom. The lowest BCUT2D eigenvalue weighted by Gasteiger charge is -2.27. The zero-order chi connectivity index (χ0) is 16.5. The van der Waals surface area contributed by atoms with Crippen LogP contribution in [-0.4, -0.2) is 43.0 Å². The molecular weight excluding hydrogens is 294 g/mol. The lowest BCUT2D eigenvalue weighted by Crippen LogP contribution is -2.48. The van der Waals surface area contributed by atoms with Gasteiger partial charge >= 0.3 is 0 Å². The van der Waals surface area contributed by atoms with Crippen LogP contribution in [0.2, 0.25) is 0 Å². The molecule has 0 saturated carbocycles.